The Balaban J connectivity index is 3.19. The molecule has 86 valence electrons. The largest absolute Gasteiger partial charge is 0.480 e. The van der Waals surface area contributed by atoms with Crippen molar-refractivity contribution in [3.8, 4) is 0 Å². The first-order valence-corrected chi connectivity index (χ1v) is 4.73. The van der Waals surface area contributed by atoms with E-state index in [1.54, 1.807) is 0 Å². The van der Waals surface area contributed by atoms with Gasteiger partial charge in [0.2, 0.25) is 0 Å². The molecular formula is C10H16O5. The second-order valence-electron chi connectivity index (χ2n) is 2.88. The van der Waals surface area contributed by atoms with Gasteiger partial charge in [-0.15, -0.1) is 0 Å². The number of rotatable bonds is 9. The molecule has 0 aliphatic heterocycles. The van der Waals surface area contributed by atoms with Crippen LogP contribution in [-0.2, 0) is 19.1 Å². The van der Waals surface area contributed by atoms with Crippen LogP contribution in [0.1, 0.15) is 19.3 Å². The van der Waals surface area contributed by atoms with Gasteiger partial charge in [-0.25, -0.2) is 4.79 Å². The van der Waals surface area contributed by atoms with Gasteiger partial charge >= 0.3 is 11.9 Å². The molecule has 0 atom stereocenters. The van der Waals surface area contributed by atoms with E-state index in [9.17, 15) is 9.59 Å². The van der Waals surface area contributed by atoms with Gasteiger partial charge < -0.3 is 14.6 Å². The van der Waals surface area contributed by atoms with Gasteiger partial charge in [-0.1, -0.05) is 12.7 Å². The van der Waals surface area contributed by atoms with Gasteiger partial charge in [0.15, 0.2) is 0 Å². The Hall–Kier alpha value is -1.36. The van der Waals surface area contributed by atoms with E-state index in [1.807, 2.05) is 0 Å². The minimum absolute atomic E-state index is 0.231. The van der Waals surface area contributed by atoms with Crippen molar-refractivity contribution in [2.45, 2.75) is 19.3 Å². The average Bonchev–Trinajstić information content (AvgIpc) is 2.19. The van der Waals surface area contributed by atoms with Gasteiger partial charge in [0.25, 0.3) is 0 Å². The van der Waals surface area contributed by atoms with Crippen LogP contribution in [0.4, 0.5) is 0 Å². The molecule has 0 fully saturated rings. The first kappa shape index (κ1) is 13.6. The van der Waals surface area contributed by atoms with Crippen molar-refractivity contribution >= 4 is 11.9 Å². The smallest absolute Gasteiger partial charge is 0.329 e. The molecule has 0 saturated heterocycles. The normalized spacial score (nSPS) is 9.60. The van der Waals surface area contributed by atoms with Crippen LogP contribution in [0.25, 0.3) is 0 Å². The first-order chi connectivity index (χ1) is 7.16. The molecule has 0 aromatic heterocycles. The highest BCUT2D eigenvalue weighted by atomic mass is 16.5. The van der Waals surface area contributed by atoms with Crippen LogP contribution in [0.5, 0.6) is 0 Å². The van der Waals surface area contributed by atoms with Crippen molar-refractivity contribution < 1.29 is 24.2 Å². The van der Waals surface area contributed by atoms with E-state index in [2.05, 4.69) is 6.58 Å². The third-order valence-electron chi connectivity index (χ3n) is 1.51. The summed E-state index contributed by atoms with van der Waals surface area (Å²) in [5, 5.41) is 8.25. The monoisotopic (exact) mass is 216 g/mol. The lowest BCUT2D eigenvalue weighted by Crippen LogP contribution is -2.08. The zero-order valence-corrected chi connectivity index (χ0v) is 8.61. The predicted molar refractivity (Wildman–Crippen MR) is 53.5 cm³/mol. The van der Waals surface area contributed by atoms with Crippen molar-refractivity contribution in [1.29, 1.82) is 0 Å². The van der Waals surface area contributed by atoms with Crippen molar-refractivity contribution in [3.05, 3.63) is 12.7 Å². The molecule has 0 aliphatic rings. The lowest BCUT2D eigenvalue weighted by Gasteiger charge is -2.02. The Bertz CT molecular complexity index is 212. The highest BCUT2D eigenvalue weighted by molar-refractivity contribution is 5.69. The topological polar surface area (TPSA) is 72.8 Å². The highest BCUT2D eigenvalue weighted by Gasteiger charge is 2.01. The molecule has 1 N–H and O–H groups in total. The second-order valence-corrected chi connectivity index (χ2v) is 2.88. The Labute approximate surface area is 88.7 Å². The fourth-order valence-corrected chi connectivity index (χ4v) is 0.857. The number of hydrogen-bond acceptors (Lipinski definition) is 4. The zero-order valence-electron chi connectivity index (χ0n) is 8.61. The summed E-state index contributed by atoms with van der Waals surface area (Å²) in [5.74, 6) is -1.26. The van der Waals surface area contributed by atoms with E-state index < -0.39 is 5.97 Å². The number of carbonyl (C=O) groups is 2. The summed E-state index contributed by atoms with van der Waals surface area (Å²) in [6, 6.07) is 0. The standard InChI is InChI=1S/C10H16O5/c1-2-6-15-10(13)5-3-4-7-14-8-9(11)12/h2H,1,3-8H2,(H,11,12). The zero-order chi connectivity index (χ0) is 11.5. The van der Waals surface area contributed by atoms with Crippen LogP contribution >= 0.6 is 0 Å². The molecule has 0 aromatic carbocycles. The highest BCUT2D eigenvalue weighted by Crippen LogP contribution is 1.98. The Morgan fingerprint density at radius 1 is 1.33 bits per heavy atom. The molecule has 15 heavy (non-hydrogen) atoms. The summed E-state index contributed by atoms with van der Waals surface area (Å²) in [4.78, 5) is 21.0. The number of ether oxygens (including phenoxy) is 2. The lowest BCUT2D eigenvalue weighted by atomic mass is 10.2. The van der Waals surface area contributed by atoms with Crippen LogP contribution in [0.15, 0.2) is 12.7 Å². The minimum atomic E-state index is -0.986. The average molecular weight is 216 g/mol. The molecule has 0 spiro atoms. The van der Waals surface area contributed by atoms with E-state index in [0.29, 0.717) is 25.9 Å². The number of hydrogen-bond donors (Lipinski definition) is 1. The van der Waals surface area contributed by atoms with E-state index in [4.69, 9.17) is 14.6 Å². The molecule has 0 unspecified atom stereocenters. The maximum Gasteiger partial charge on any atom is 0.329 e. The van der Waals surface area contributed by atoms with Crippen LogP contribution in [0.2, 0.25) is 0 Å². The molecular weight excluding hydrogens is 200 g/mol. The van der Waals surface area contributed by atoms with Gasteiger partial charge in [0, 0.05) is 13.0 Å². The van der Waals surface area contributed by atoms with E-state index in [1.165, 1.54) is 6.08 Å². The van der Waals surface area contributed by atoms with Crippen molar-refractivity contribution in [3.63, 3.8) is 0 Å². The molecule has 5 nitrogen and oxygen atoms in total. The lowest BCUT2D eigenvalue weighted by molar-refractivity contribution is -0.144. The Kier molecular flexibility index (Phi) is 8.37. The molecule has 0 aliphatic carbocycles. The van der Waals surface area contributed by atoms with Gasteiger partial charge in [-0.2, -0.15) is 0 Å². The molecule has 0 rings (SSSR count). The van der Waals surface area contributed by atoms with Crippen LogP contribution in [-0.4, -0.2) is 36.9 Å². The van der Waals surface area contributed by atoms with Gasteiger partial charge in [-0.05, 0) is 12.8 Å². The number of unbranched alkanes of at least 4 members (excludes halogenated alkanes) is 1. The first-order valence-electron chi connectivity index (χ1n) is 4.73. The van der Waals surface area contributed by atoms with Crippen LogP contribution < -0.4 is 0 Å². The van der Waals surface area contributed by atoms with Gasteiger partial charge in [0.05, 0.1) is 0 Å². The molecule has 0 heterocycles. The number of carboxylic acid groups (broad SMARTS) is 1. The fourth-order valence-electron chi connectivity index (χ4n) is 0.857. The van der Waals surface area contributed by atoms with Crippen LogP contribution in [0.3, 0.4) is 0 Å². The fraction of sp³-hybridized carbons (Fsp3) is 0.600. The predicted octanol–water partition coefficient (Wildman–Crippen LogP) is 0.987. The van der Waals surface area contributed by atoms with Crippen molar-refractivity contribution in [2.24, 2.45) is 0 Å². The summed E-state index contributed by atoms with van der Waals surface area (Å²) >= 11 is 0. The third kappa shape index (κ3) is 10.6. The van der Waals surface area contributed by atoms with Crippen molar-refractivity contribution in [1.82, 2.24) is 0 Å². The minimum Gasteiger partial charge on any atom is -0.480 e. The summed E-state index contributed by atoms with van der Waals surface area (Å²) in [7, 11) is 0. The Morgan fingerprint density at radius 3 is 2.67 bits per heavy atom. The summed E-state index contributed by atoms with van der Waals surface area (Å²) in [6.07, 6.45) is 3.12. The molecule has 0 saturated carbocycles. The maximum atomic E-state index is 10.9. The summed E-state index contributed by atoms with van der Waals surface area (Å²) < 4.78 is 9.53. The summed E-state index contributed by atoms with van der Waals surface area (Å²) in [6.45, 7) is 3.71. The van der Waals surface area contributed by atoms with E-state index in [-0.39, 0.29) is 19.2 Å². The van der Waals surface area contributed by atoms with E-state index >= 15 is 0 Å². The number of carboxylic acids is 1. The SMILES string of the molecule is C=CCOC(=O)CCCCOCC(=O)O. The molecule has 0 amide bonds. The van der Waals surface area contributed by atoms with Gasteiger partial charge in [-0.3, -0.25) is 4.79 Å². The summed E-state index contributed by atoms with van der Waals surface area (Å²) in [5.41, 5.74) is 0. The molecule has 0 aromatic rings. The quantitative estimate of drug-likeness (QED) is 0.353. The molecule has 0 radical (unpaired) electrons. The third-order valence-corrected chi connectivity index (χ3v) is 1.51. The number of esters is 1. The molecule has 0 bridgehead atoms. The molecule has 5 heteroatoms. The number of aliphatic carboxylic acids is 1. The van der Waals surface area contributed by atoms with Crippen molar-refractivity contribution in [2.75, 3.05) is 19.8 Å². The van der Waals surface area contributed by atoms with Gasteiger partial charge in [0.1, 0.15) is 13.2 Å². The number of carbonyl (C=O) groups excluding carboxylic acids is 1. The van der Waals surface area contributed by atoms with E-state index in [0.717, 1.165) is 0 Å². The maximum absolute atomic E-state index is 10.9. The Morgan fingerprint density at radius 2 is 2.07 bits per heavy atom. The van der Waals surface area contributed by atoms with Crippen LogP contribution in [0, 0.1) is 0 Å². The second kappa shape index (κ2) is 9.21.